The molecular weight excluding hydrogens is 229 g/mol. The van der Waals surface area contributed by atoms with Gasteiger partial charge < -0.3 is 5.73 Å². The molecule has 102 valence electrons. The van der Waals surface area contributed by atoms with Crippen molar-refractivity contribution in [3.8, 4) is 0 Å². The Hall–Kier alpha value is -0.290. The molecule has 0 aromatic carbocycles. The molecule has 0 radical (unpaired) electrons. The van der Waals surface area contributed by atoms with Crippen LogP contribution in [-0.4, -0.2) is 36.2 Å². The highest BCUT2D eigenvalue weighted by molar-refractivity contribution is 4.84. The third kappa shape index (κ3) is 5.25. The molecule has 0 aliphatic heterocycles. The van der Waals surface area contributed by atoms with Crippen molar-refractivity contribution in [2.45, 2.75) is 63.7 Å². The van der Waals surface area contributed by atoms with Gasteiger partial charge in [0, 0.05) is 12.1 Å². The van der Waals surface area contributed by atoms with E-state index in [1.54, 1.807) is 6.92 Å². The monoisotopic (exact) mass is 252 g/mol. The van der Waals surface area contributed by atoms with Gasteiger partial charge in [-0.1, -0.05) is 32.6 Å². The van der Waals surface area contributed by atoms with E-state index in [1.165, 1.54) is 4.90 Å². The zero-order chi connectivity index (χ0) is 12.9. The number of hydrogen-bond donors (Lipinski definition) is 1. The van der Waals surface area contributed by atoms with Gasteiger partial charge in [0.05, 0.1) is 6.54 Å². The second-order valence-corrected chi connectivity index (χ2v) is 4.90. The Kier molecular flexibility index (Phi) is 5.73. The second kappa shape index (κ2) is 6.59. The summed E-state index contributed by atoms with van der Waals surface area (Å²) in [7, 11) is 0. The Labute approximate surface area is 101 Å². The van der Waals surface area contributed by atoms with Crippen molar-refractivity contribution in [3.63, 3.8) is 0 Å². The van der Waals surface area contributed by atoms with Crippen LogP contribution in [0.2, 0.25) is 0 Å². The maximum Gasteiger partial charge on any atom is 0.401 e. The molecule has 0 aromatic rings. The largest absolute Gasteiger partial charge is 0.401 e. The van der Waals surface area contributed by atoms with Crippen LogP contribution >= 0.6 is 0 Å². The summed E-state index contributed by atoms with van der Waals surface area (Å²) in [5.74, 6) is 0. The fraction of sp³-hybridized carbons (Fsp3) is 1.00. The van der Waals surface area contributed by atoms with Crippen LogP contribution in [0.4, 0.5) is 13.2 Å². The minimum absolute atomic E-state index is 0.109. The predicted molar refractivity (Wildman–Crippen MR) is 62.8 cm³/mol. The summed E-state index contributed by atoms with van der Waals surface area (Å²) >= 11 is 0. The number of hydrogen-bond acceptors (Lipinski definition) is 2. The fourth-order valence-corrected chi connectivity index (χ4v) is 2.64. The van der Waals surface area contributed by atoms with Gasteiger partial charge in [0.25, 0.3) is 0 Å². The lowest BCUT2D eigenvalue weighted by atomic mass is 9.91. The second-order valence-electron chi connectivity index (χ2n) is 4.90. The van der Waals surface area contributed by atoms with Gasteiger partial charge >= 0.3 is 6.18 Å². The number of nitrogens with two attached hydrogens (primary N) is 1. The third-order valence-electron chi connectivity index (χ3n) is 3.54. The SMILES string of the molecule is CCN(CC(F)(F)F)C1CCCCCCC1N. The van der Waals surface area contributed by atoms with Crippen LogP contribution < -0.4 is 5.73 Å². The van der Waals surface area contributed by atoms with Crippen molar-refractivity contribution >= 4 is 0 Å². The summed E-state index contributed by atoms with van der Waals surface area (Å²) in [6.45, 7) is 1.36. The molecular formula is C12H23F3N2. The molecule has 0 amide bonds. The average molecular weight is 252 g/mol. The Balaban J connectivity index is 2.62. The summed E-state index contributed by atoms with van der Waals surface area (Å²) < 4.78 is 37.4. The van der Waals surface area contributed by atoms with Crippen molar-refractivity contribution in [1.82, 2.24) is 4.90 Å². The molecule has 0 aromatic heterocycles. The highest BCUT2D eigenvalue weighted by Crippen LogP contribution is 2.24. The maximum absolute atomic E-state index is 12.5. The molecule has 2 N–H and O–H groups in total. The van der Waals surface area contributed by atoms with Crippen molar-refractivity contribution in [3.05, 3.63) is 0 Å². The van der Waals surface area contributed by atoms with Gasteiger partial charge in [-0.25, -0.2) is 0 Å². The molecule has 1 aliphatic carbocycles. The number of rotatable bonds is 3. The number of likely N-dealkylation sites (N-methyl/N-ethyl adjacent to an activating group) is 1. The number of halogens is 3. The zero-order valence-electron chi connectivity index (χ0n) is 10.5. The minimum Gasteiger partial charge on any atom is -0.326 e. The van der Waals surface area contributed by atoms with Crippen molar-refractivity contribution in [2.24, 2.45) is 5.73 Å². The van der Waals surface area contributed by atoms with Gasteiger partial charge in [0.1, 0.15) is 0 Å². The normalized spacial score (nSPS) is 27.9. The lowest BCUT2D eigenvalue weighted by Crippen LogP contribution is -2.51. The fourth-order valence-electron chi connectivity index (χ4n) is 2.64. The predicted octanol–water partition coefficient (Wildman–Crippen LogP) is 2.92. The number of alkyl halides is 3. The first kappa shape index (κ1) is 14.8. The van der Waals surface area contributed by atoms with E-state index in [2.05, 4.69) is 0 Å². The molecule has 1 saturated carbocycles. The molecule has 0 bridgehead atoms. The Morgan fingerprint density at radius 3 is 2.24 bits per heavy atom. The van der Waals surface area contributed by atoms with Gasteiger partial charge in [-0.05, 0) is 19.4 Å². The van der Waals surface area contributed by atoms with Crippen molar-refractivity contribution in [1.29, 1.82) is 0 Å². The van der Waals surface area contributed by atoms with Crippen LogP contribution in [0, 0.1) is 0 Å². The van der Waals surface area contributed by atoms with E-state index in [0.29, 0.717) is 6.54 Å². The number of nitrogens with zero attached hydrogens (tertiary/aromatic N) is 1. The lowest BCUT2D eigenvalue weighted by Gasteiger charge is -2.36. The summed E-state index contributed by atoms with van der Waals surface area (Å²) in [6, 6.07) is -0.223. The van der Waals surface area contributed by atoms with Gasteiger partial charge in [0.15, 0.2) is 0 Å². The van der Waals surface area contributed by atoms with Crippen LogP contribution in [0.25, 0.3) is 0 Å². The first-order valence-electron chi connectivity index (χ1n) is 6.50. The third-order valence-corrected chi connectivity index (χ3v) is 3.54. The zero-order valence-corrected chi connectivity index (χ0v) is 10.5. The molecule has 2 nitrogen and oxygen atoms in total. The maximum atomic E-state index is 12.5. The van der Waals surface area contributed by atoms with Crippen LogP contribution in [0.1, 0.15) is 45.4 Å². The van der Waals surface area contributed by atoms with Gasteiger partial charge in [0.2, 0.25) is 0 Å². The molecule has 1 aliphatic rings. The minimum atomic E-state index is -4.13. The Morgan fingerprint density at radius 2 is 1.71 bits per heavy atom. The van der Waals surface area contributed by atoms with E-state index >= 15 is 0 Å². The van der Waals surface area contributed by atoms with Crippen LogP contribution in [0.15, 0.2) is 0 Å². The summed E-state index contributed by atoms with van der Waals surface area (Å²) in [4.78, 5) is 1.50. The first-order chi connectivity index (χ1) is 7.94. The van der Waals surface area contributed by atoms with E-state index in [-0.39, 0.29) is 12.1 Å². The first-order valence-corrected chi connectivity index (χ1v) is 6.50. The highest BCUT2D eigenvalue weighted by atomic mass is 19.4. The van der Waals surface area contributed by atoms with E-state index in [4.69, 9.17) is 5.73 Å². The molecule has 2 atom stereocenters. The molecule has 0 heterocycles. The summed E-state index contributed by atoms with van der Waals surface area (Å²) in [5, 5.41) is 0. The van der Waals surface area contributed by atoms with E-state index in [0.717, 1.165) is 38.5 Å². The molecule has 5 heteroatoms. The van der Waals surface area contributed by atoms with Gasteiger partial charge in [-0.2, -0.15) is 13.2 Å². The molecule has 0 spiro atoms. The topological polar surface area (TPSA) is 29.3 Å². The van der Waals surface area contributed by atoms with E-state index in [9.17, 15) is 13.2 Å². The van der Waals surface area contributed by atoms with Crippen LogP contribution in [-0.2, 0) is 0 Å². The molecule has 17 heavy (non-hydrogen) atoms. The standard InChI is InChI=1S/C12H23F3N2/c1-2-17(9-12(13,14)15)11-8-6-4-3-5-7-10(11)16/h10-11H,2-9,16H2,1H3. The average Bonchev–Trinajstić information content (AvgIpc) is 2.20. The van der Waals surface area contributed by atoms with E-state index in [1.807, 2.05) is 0 Å². The smallest absolute Gasteiger partial charge is 0.326 e. The molecule has 2 unspecified atom stereocenters. The summed E-state index contributed by atoms with van der Waals surface area (Å²) in [6.07, 6.45) is 1.83. The molecule has 1 rings (SSSR count). The van der Waals surface area contributed by atoms with Gasteiger partial charge in [-0.15, -0.1) is 0 Å². The Morgan fingerprint density at radius 1 is 1.12 bits per heavy atom. The Bertz CT molecular complexity index is 218. The van der Waals surface area contributed by atoms with E-state index < -0.39 is 12.7 Å². The van der Waals surface area contributed by atoms with Crippen LogP contribution in [0.3, 0.4) is 0 Å². The van der Waals surface area contributed by atoms with Crippen molar-refractivity contribution < 1.29 is 13.2 Å². The molecule has 0 saturated heterocycles. The van der Waals surface area contributed by atoms with Crippen molar-refractivity contribution in [2.75, 3.05) is 13.1 Å². The molecule has 1 fully saturated rings. The van der Waals surface area contributed by atoms with Crippen LogP contribution in [0.5, 0.6) is 0 Å². The van der Waals surface area contributed by atoms with Gasteiger partial charge in [-0.3, -0.25) is 4.90 Å². The quantitative estimate of drug-likeness (QED) is 0.836. The summed E-state index contributed by atoms with van der Waals surface area (Å²) in [5.41, 5.74) is 6.03. The lowest BCUT2D eigenvalue weighted by molar-refractivity contribution is -0.151. The highest BCUT2D eigenvalue weighted by Gasteiger charge is 2.35.